The zero-order valence-electron chi connectivity index (χ0n) is 14.2. The summed E-state index contributed by atoms with van der Waals surface area (Å²) in [6, 6.07) is 1.99. The van der Waals surface area contributed by atoms with Gasteiger partial charge in [-0.15, -0.1) is 0 Å². The second-order valence-corrected chi connectivity index (χ2v) is 6.90. The van der Waals surface area contributed by atoms with Crippen molar-refractivity contribution in [3.05, 3.63) is 47.6 Å². The van der Waals surface area contributed by atoms with Crippen molar-refractivity contribution in [1.29, 1.82) is 0 Å². The summed E-state index contributed by atoms with van der Waals surface area (Å²) in [5, 5.41) is 4.12. The zero-order valence-corrected chi connectivity index (χ0v) is 14.2. The molecule has 0 saturated heterocycles. The Morgan fingerprint density at radius 3 is 2.88 bits per heavy atom. The number of pyridine rings is 1. The summed E-state index contributed by atoms with van der Waals surface area (Å²) >= 11 is 0. The Morgan fingerprint density at radius 2 is 2.04 bits per heavy atom. The molecule has 1 aliphatic carbocycles. The van der Waals surface area contributed by atoms with Crippen molar-refractivity contribution in [2.75, 3.05) is 0 Å². The maximum absolute atomic E-state index is 5.40. The Hall–Kier alpha value is -2.50. The van der Waals surface area contributed by atoms with Crippen molar-refractivity contribution in [3.63, 3.8) is 0 Å². The largest absolute Gasteiger partial charge is 0.334 e. The van der Waals surface area contributed by atoms with Gasteiger partial charge in [0, 0.05) is 18.1 Å². The molecule has 0 fully saturated rings. The molecule has 2 atom stereocenters. The Balaban J connectivity index is 1.57. The molecule has 124 valence electrons. The van der Waals surface area contributed by atoms with Gasteiger partial charge in [0.25, 0.3) is 5.89 Å². The van der Waals surface area contributed by atoms with E-state index >= 15 is 0 Å². The van der Waals surface area contributed by atoms with E-state index in [2.05, 4.69) is 38.5 Å². The quantitative estimate of drug-likeness (QED) is 0.741. The molecule has 3 aromatic heterocycles. The molecule has 0 spiro atoms. The summed E-state index contributed by atoms with van der Waals surface area (Å²) in [6.07, 6.45) is 7.56. The normalized spacial score (nSPS) is 20.1. The summed E-state index contributed by atoms with van der Waals surface area (Å²) in [7, 11) is 0. The standard InChI is InChI=1S/C18H21N5O/c1-11-4-14(8-19-7-11)18-21-17(22-24-18)9-23-10-20-15-5-12(2)13(3)6-16(15)23/h4,7-8,10,12-13H,5-6,9H2,1-3H3/t12-,13+/m1/s1. The van der Waals surface area contributed by atoms with Crippen LogP contribution >= 0.6 is 0 Å². The van der Waals surface area contributed by atoms with Crippen molar-refractivity contribution >= 4 is 0 Å². The summed E-state index contributed by atoms with van der Waals surface area (Å²) in [5.74, 6) is 2.54. The van der Waals surface area contributed by atoms with Gasteiger partial charge in [0.1, 0.15) is 0 Å². The minimum atomic E-state index is 0.511. The van der Waals surface area contributed by atoms with Gasteiger partial charge in [-0.1, -0.05) is 19.0 Å². The molecule has 0 radical (unpaired) electrons. The highest BCUT2D eigenvalue weighted by molar-refractivity contribution is 5.51. The first-order valence-corrected chi connectivity index (χ1v) is 8.37. The molecule has 0 bridgehead atoms. The molecular formula is C18H21N5O. The van der Waals surface area contributed by atoms with Gasteiger partial charge in [0.05, 0.1) is 24.1 Å². The van der Waals surface area contributed by atoms with Gasteiger partial charge in [-0.3, -0.25) is 4.98 Å². The van der Waals surface area contributed by atoms with Crippen LogP contribution in [0, 0.1) is 18.8 Å². The van der Waals surface area contributed by atoms with E-state index in [4.69, 9.17) is 4.52 Å². The molecule has 6 heteroatoms. The highest BCUT2D eigenvalue weighted by Crippen LogP contribution is 2.29. The highest BCUT2D eigenvalue weighted by atomic mass is 16.5. The van der Waals surface area contributed by atoms with Crippen LogP contribution in [0.2, 0.25) is 0 Å². The Labute approximate surface area is 141 Å². The number of imidazole rings is 1. The third-order valence-electron chi connectivity index (χ3n) is 4.94. The SMILES string of the molecule is Cc1cncc(-c2nc(Cn3cnc4c3C[C@H](C)[C@H](C)C4)no2)c1. The van der Waals surface area contributed by atoms with Gasteiger partial charge in [-0.25, -0.2) is 4.98 Å². The monoisotopic (exact) mass is 323 g/mol. The molecule has 24 heavy (non-hydrogen) atoms. The Kier molecular flexibility index (Phi) is 3.67. The van der Waals surface area contributed by atoms with E-state index in [9.17, 15) is 0 Å². The number of aromatic nitrogens is 5. The second kappa shape index (κ2) is 5.85. The molecule has 6 nitrogen and oxygen atoms in total. The lowest BCUT2D eigenvalue weighted by Crippen LogP contribution is -2.22. The number of nitrogens with zero attached hydrogens (tertiary/aromatic N) is 5. The number of fused-ring (bicyclic) bond motifs is 1. The van der Waals surface area contributed by atoms with E-state index in [1.165, 1.54) is 11.4 Å². The van der Waals surface area contributed by atoms with Gasteiger partial charge in [-0.05, 0) is 43.2 Å². The minimum absolute atomic E-state index is 0.511. The van der Waals surface area contributed by atoms with E-state index in [1.54, 1.807) is 12.4 Å². The first-order chi connectivity index (χ1) is 11.6. The van der Waals surface area contributed by atoms with Gasteiger partial charge < -0.3 is 9.09 Å². The summed E-state index contributed by atoms with van der Waals surface area (Å²) in [6.45, 7) is 7.19. The first-order valence-electron chi connectivity index (χ1n) is 8.37. The number of aryl methyl sites for hydroxylation is 1. The van der Waals surface area contributed by atoms with Crippen molar-refractivity contribution in [2.45, 2.75) is 40.2 Å². The van der Waals surface area contributed by atoms with Crippen LogP contribution in [0.3, 0.4) is 0 Å². The summed E-state index contributed by atoms with van der Waals surface area (Å²) in [4.78, 5) is 13.3. The maximum atomic E-state index is 5.40. The Bertz CT molecular complexity index is 866. The molecule has 0 aliphatic heterocycles. The van der Waals surface area contributed by atoms with E-state index in [-0.39, 0.29) is 0 Å². The second-order valence-electron chi connectivity index (χ2n) is 6.90. The van der Waals surface area contributed by atoms with E-state index < -0.39 is 0 Å². The van der Waals surface area contributed by atoms with E-state index in [1.807, 2.05) is 19.3 Å². The fourth-order valence-electron chi connectivity index (χ4n) is 3.26. The van der Waals surface area contributed by atoms with Crippen LogP contribution in [0.15, 0.2) is 29.3 Å². The molecule has 0 amide bonds. The van der Waals surface area contributed by atoms with E-state index in [0.29, 0.717) is 30.1 Å². The highest BCUT2D eigenvalue weighted by Gasteiger charge is 2.26. The third-order valence-corrected chi connectivity index (χ3v) is 4.94. The number of hydrogen-bond acceptors (Lipinski definition) is 5. The van der Waals surface area contributed by atoms with Crippen molar-refractivity contribution < 1.29 is 4.52 Å². The van der Waals surface area contributed by atoms with Crippen LogP contribution in [-0.4, -0.2) is 24.7 Å². The lowest BCUT2D eigenvalue weighted by atomic mass is 9.82. The third kappa shape index (κ3) is 2.72. The molecule has 0 saturated carbocycles. The average Bonchev–Trinajstić information content (AvgIpc) is 3.17. The lowest BCUT2D eigenvalue weighted by Gasteiger charge is -2.25. The van der Waals surface area contributed by atoms with E-state index in [0.717, 1.165) is 24.0 Å². The van der Waals surface area contributed by atoms with Crippen molar-refractivity contribution in [1.82, 2.24) is 24.7 Å². The van der Waals surface area contributed by atoms with Gasteiger partial charge in [0.15, 0.2) is 5.82 Å². The molecule has 4 rings (SSSR count). The number of hydrogen-bond donors (Lipinski definition) is 0. The predicted octanol–water partition coefficient (Wildman–Crippen LogP) is 3.06. The first kappa shape index (κ1) is 15.1. The average molecular weight is 323 g/mol. The van der Waals surface area contributed by atoms with Crippen LogP contribution in [0.4, 0.5) is 0 Å². The van der Waals surface area contributed by atoms with Gasteiger partial charge in [0.2, 0.25) is 0 Å². The summed E-state index contributed by atoms with van der Waals surface area (Å²) < 4.78 is 7.56. The summed E-state index contributed by atoms with van der Waals surface area (Å²) in [5.41, 5.74) is 4.44. The van der Waals surface area contributed by atoms with Crippen molar-refractivity contribution in [2.24, 2.45) is 11.8 Å². The molecule has 1 aliphatic rings. The lowest BCUT2D eigenvalue weighted by molar-refractivity contribution is 0.349. The molecular weight excluding hydrogens is 302 g/mol. The number of rotatable bonds is 3. The smallest absolute Gasteiger partial charge is 0.259 e. The molecule has 0 unspecified atom stereocenters. The predicted molar refractivity (Wildman–Crippen MR) is 89.3 cm³/mol. The maximum Gasteiger partial charge on any atom is 0.259 e. The molecule has 0 aromatic carbocycles. The topological polar surface area (TPSA) is 69.6 Å². The fourth-order valence-corrected chi connectivity index (χ4v) is 3.26. The van der Waals surface area contributed by atoms with Crippen LogP contribution in [0.5, 0.6) is 0 Å². The van der Waals surface area contributed by atoms with Crippen LogP contribution in [-0.2, 0) is 19.4 Å². The Morgan fingerprint density at radius 1 is 1.21 bits per heavy atom. The van der Waals surface area contributed by atoms with Crippen LogP contribution in [0.1, 0.15) is 36.6 Å². The fraction of sp³-hybridized carbons (Fsp3) is 0.444. The molecule has 0 N–H and O–H groups in total. The molecule has 3 heterocycles. The van der Waals surface area contributed by atoms with Crippen molar-refractivity contribution in [3.8, 4) is 11.5 Å². The van der Waals surface area contributed by atoms with Gasteiger partial charge >= 0.3 is 0 Å². The van der Waals surface area contributed by atoms with Gasteiger partial charge in [-0.2, -0.15) is 4.98 Å². The minimum Gasteiger partial charge on any atom is -0.334 e. The molecule has 3 aromatic rings. The van der Waals surface area contributed by atoms with Crippen LogP contribution < -0.4 is 0 Å². The van der Waals surface area contributed by atoms with Crippen LogP contribution in [0.25, 0.3) is 11.5 Å². The zero-order chi connectivity index (χ0) is 16.7.